The van der Waals surface area contributed by atoms with Gasteiger partial charge in [-0.3, -0.25) is 14.5 Å². The predicted molar refractivity (Wildman–Crippen MR) is 152 cm³/mol. The Morgan fingerprint density at radius 2 is 1.68 bits per heavy atom. The van der Waals surface area contributed by atoms with Gasteiger partial charge in [-0.1, -0.05) is 60.2 Å². The lowest BCUT2D eigenvalue weighted by Crippen LogP contribution is -2.32. The first-order valence-corrected chi connectivity index (χ1v) is 13.4. The first-order chi connectivity index (χ1) is 18.0. The molecule has 37 heavy (non-hydrogen) atoms. The van der Waals surface area contributed by atoms with Crippen LogP contribution in [0.4, 0.5) is 4.79 Å². The van der Waals surface area contributed by atoms with Crippen LogP contribution in [0.3, 0.4) is 0 Å². The van der Waals surface area contributed by atoms with Crippen molar-refractivity contribution in [1.29, 1.82) is 0 Å². The van der Waals surface area contributed by atoms with E-state index < -0.39 is 0 Å². The molecule has 0 unspecified atom stereocenters. The van der Waals surface area contributed by atoms with E-state index in [0.29, 0.717) is 23.0 Å². The summed E-state index contributed by atoms with van der Waals surface area (Å²) in [5, 5.41) is 2.08. The largest absolute Gasteiger partial charge is 0.492 e. The molecule has 0 aliphatic carbocycles. The third kappa shape index (κ3) is 6.06. The molecule has 0 spiro atoms. The molecule has 5 nitrogen and oxygen atoms in total. The maximum Gasteiger partial charge on any atom is 0.293 e. The fourth-order valence-electron chi connectivity index (χ4n) is 3.95. The second kappa shape index (κ2) is 11.2. The molecular formula is C30H24BrNO4S. The van der Waals surface area contributed by atoms with Gasteiger partial charge in [0, 0.05) is 0 Å². The van der Waals surface area contributed by atoms with Gasteiger partial charge in [0.05, 0.1) is 15.9 Å². The third-order valence-corrected chi connectivity index (χ3v) is 7.47. The topological polar surface area (TPSA) is 55.8 Å². The smallest absolute Gasteiger partial charge is 0.293 e. The van der Waals surface area contributed by atoms with Crippen LogP contribution in [0.5, 0.6) is 11.5 Å². The summed E-state index contributed by atoms with van der Waals surface area (Å²) >= 11 is 4.51. The summed E-state index contributed by atoms with van der Waals surface area (Å²) in [6.45, 7) is 2.87. The van der Waals surface area contributed by atoms with E-state index in [1.165, 1.54) is 15.7 Å². The molecule has 1 heterocycles. The van der Waals surface area contributed by atoms with Crippen molar-refractivity contribution in [2.24, 2.45) is 0 Å². The quantitative estimate of drug-likeness (QED) is 0.203. The van der Waals surface area contributed by atoms with Gasteiger partial charge in [-0.25, -0.2) is 0 Å². The highest BCUT2D eigenvalue weighted by Crippen LogP contribution is 2.34. The Kier molecular flexibility index (Phi) is 7.63. The predicted octanol–water partition coefficient (Wildman–Crippen LogP) is 7.61. The molecule has 2 amide bonds. The molecule has 5 rings (SSSR count). The summed E-state index contributed by atoms with van der Waals surface area (Å²) < 4.78 is 12.5. The van der Waals surface area contributed by atoms with Gasteiger partial charge in [0.15, 0.2) is 0 Å². The van der Waals surface area contributed by atoms with Crippen molar-refractivity contribution < 1.29 is 19.1 Å². The first kappa shape index (κ1) is 25.1. The number of carbonyl (C=O) groups is 2. The molecule has 7 heteroatoms. The maximum absolute atomic E-state index is 12.8. The molecular weight excluding hydrogens is 550 g/mol. The van der Waals surface area contributed by atoms with E-state index in [1.54, 1.807) is 6.08 Å². The summed E-state index contributed by atoms with van der Waals surface area (Å²) in [5.74, 6) is 1.10. The zero-order valence-corrected chi connectivity index (χ0v) is 22.6. The molecule has 4 aromatic carbocycles. The second-order valence-corrected chi connectivity index (χ2v) is 10.5. The van der Waals surface area contributed by atoms with Crippen molar-refractivity contribution in [2.75, 3.05) is 13.2 Å². The van der Waals surface area contributed by atoms with Gasteiger partial charge >= 0.3 is 0 Å². The number of amides is 2. The zero-order chi connectivity index (χ0) is 25.8. The minimum atomic E-state index is -0.310. The lowest BCUT2D eigenvalue weighted by molar-refractivity contribution is -0.123. The Hall–Kier alpha value is -3.55. The summed E-state index contributed by atoms with van der Waals surface area (Å²) in [5.41, 5.74) is 3.01. The number of fused-ring (bicyclic) bond motifs is 1. The fourth-order valence-corrected chi connectivity index (χ4v) is 5.32. The minimum absolute atomic E-state index is 0.196. The van der Waals surface area contributed by atoms with Crippen LogP contribution in [-0.4, -0.2) is 29.2 Å². The van der Waals surface area contributed by atoms with Crippen molar-refractivity contribution in [3.05, 3.63) is 111 Å². The normalized spacial score (nSPS) is 14.5. The van der Waals surface area contributed by atoms with Gasteiger partial charge in [0.25, 0.3) is 11.1 Å². The van der Waals surface area contributed by atoms with E-state index in [2.05, 4.69) is 46.3 Å². The van der Waals surface area contributed by atoms with Crippen LogP contribution in [0.2, 0.25) is 0 Å². The van der Waals surface area contributed by atoms with E-state index in [1.807, 2.05) is 61.5 Å². The maximum atomic E-state index is 12.8. The molecule has 0 saturated carbocycles. The number of aryl methyl sites for hydroxylation is 1. The van der Waals surface area contributed by atoms with Gasteiger partial charge < -0.3 is 9.47 Å². The summed E-state index contributed by atoms with van der Waals surface area (Å²) in [7, 11) is 0. The number of benzene rings is 4. The van der Waals surface area contributed by atoms with Crippen LogP contribution >= 0.6 is 27.7 Å². The number of hydrogen-bond donors (Lipinski definition) is 0. The zero-order valence-electron chi connectivity index (χ0n) is 20.1. The monoisotopic (exact) mass is 573 g/mol. The van der Waals surface area contributed by atoms with Gasteiger partial charge in [-0.05, 0) is 92.9 Å². The number of ether oxygens (including phenoxy) is 2. The van der Waals surface area contributed by atoms with Crippen LogP contribution in [0.15, 0.2) is 94.3 Å². The van der Waals surface area contributed by atoms with E-state index in [9.17, 15) is 9.59 Å². The van der Waals surface area contributed by atoms with Gasteiger partial charge in [-0.15, -0.1) is 0 Å². The van der Waals surface area contributed by atoms with E-state index >= 15 is 0 Å². The Balaban J connectivity index is 1.20. The molecule has 0 bridgehead atoms. The number of nitrogens with zero attached hydrogens (tertiary/aromatic N) is 1. The average Bonchev–Trinajstić information content (AvgIpc) is 3.16. The van der Waals surface area contributed by atoms with E-state index in [0.717, 1.165) is 32.9 Å². The fraction of sp³-hybridized carbons (Fsp3) is 0.133. The minimum Gasteiger partial charge on any atom is -0.492 e. The highest BCUT2D eigenvalue weighted by atomic mass is 79.9. The van der Waals surface area contributed by atoms with Crippen molar-refractivity contribution in [1.82, 2.24) is 4.90 Å². The molecule has 1 fully saturated rings. The number of rotatable bonds is 8. The Morgan fingerprint density at radius 1 is 0.892 bits per heavy atom. The van der Waals surface area contributed by atoms with Crippen molar-refractivity contribution in [2.45, 2.75) is 13.5 Å². The SMILES string of the molecule is Cc1ccc(OCCN2C(=O)S/C(=C\c3ccc(OCc4ccc5ccccc5c4)c(Br)c3)C2=O)cc1. The van der Waals surface area contributed by atoms with Gasteiger partial charge in [-0.2, -0.15) is 0 Å². The molecule has 0 atom stereocenters. The molecule has 1 aliphatic rings. The molecule has 0 N–H and O–H groups in total. The van der Waals surface area contributed by atoms with Gasteiger partial charge in [0.1, 0.15) is 24.7 Å². The van der Waals surface area contributed by atoms with Crippen LogP contribution in [0, 0.1) is 6.92 Å². The highest BCUT2D eigenvalue weighted by molar-refractivity contribution is 9.10. The number of imide groups is 1. The number of thioether (sulfide) groups is 1. The van der Waals surface area contributed by atoms with Crippen LogP contribution in [-0.2, 0) is 11.4 Å². The first-order valence-electron chi connectivity index (χ1n) is 11.8. The molecule has 1 saturated heterocycles. The lowest BCUT2D eigenvalue weighted by atomic mass is 10.1. The standard InChI is InChI=1S/C30H24BrNO4S/c1-20-6-11-25(12-7-20)35-15-14-32-29(33)28(37-30(32)34)18-21-9-13-27(26(31)17-21)36-19-22-8-10-23-4-2-3-5-24(23)16-22/h2-13,16-18H,14-15,19H2,1H3/b28-18-. The summed E-state index contributed by atoms with van der Waals surface area (Å²) in [6, 6.07) is 27.8. The van der Waals surface area contributed by atoms with E-state index in [-0.39, 0.29) is 24.3 Å². The summed E-state index contributed by atoms with van der Waals surface area (Å²) in [4.78, 5) is 26.9. The average molecular weight is 574 g/mol. The summed E-state index contributed by atoms with van der Waals surface area (Å²) in [6.07, 6.45) is 1.73. The molecule has 4 aromatic rings. The Bertz CT molecular complexity index is 1500. The second-order valence-electron chi connectivity index (χ2n) is 8.65. The molecule has 1 aliphatic heterocycles. The molecule has 186 valence electrons. The number of hydrogen-bond acceptors (Lipinski definition) is 5. The Labute approximate surface area is 228 Å². The highest BCUT2D eigenvalue weighted by Gasteiger charge is 2.34. The number of halogens is 1. The van der Waals surface area contributed by atoms with Crippen LogP contribution in [0.25, 0.3) is 16.8 Å². The number of carbonyl (C=O) groups excluding carboxylic acids is 2. The van der Waals surface area contributed by atoms with Crippen LogP contribution in [0.1, 0.15) is 16.7 Å². The van der Waals surface area contributed by atoms with Crippen molar-refractivity contribution in [3.8, 4) is 11.5 Å². The Morgan fingerprint density at radius 3 is 2.46 bits per heavy atom. The molecule has 0 radical (unpaired) electrons. The van der Waals surface area contributed by atoms with Crippen molar-refractivity contribution in [3.63, 3.8) is 0 Å². The molecule has 0 aromatic heterocycles. The van der Waals surface area contributed by atoms with E-state index in [4.69, 9.17) is 9.47 Å². The van der Waals surface area contributed by atoms with Crippen LogP contribution < -0.4 is 9.47 Å². The van der Waals surface area contributed by atoms with Gasteiger partial charge in [0.2, 0.25) is 0 Å². The third-order valence-electron chi connectivity index (χ3n) is 5.94. The lowest BCUT2D eigenvalue weighted by Gasteiger charge is -2.13. The van der Waals surface area contributed by atoms with Crippen molar-refractivity contribution >= 4 is 55.7 Å².